The molecule has 0 saturated carbocycles. The third-order valence-electron chi connectivity index (χ3n) is 7.28. The first kappa shape index (κ1) is 24.3. The normalized spacial score (nSPS) is 14.0. The molecular weight excluding hydrogens is 447 g/mol. The van der Waals surface area contributed by atoms with E-state index >= 15 is 0 Å². The topological polar surface area (TPSA) is 25.4 Å². The lowest BCUT2D eigenvalue weighted by Crippen LogP contribution is -2.29. The summed E-state index contributed by atoms with van der Waals surface area (Å²) >= 11 is 0. The van der Waals surface area contributed by atoms with Crippen molar-refractivity contribution in [2.75, 3.05) is 24.6 Å². The Hall–Kier alpha value is -3.40. The van der Waals surface area contributed by atoms with Gasteiger partial charge in [0.15, 0.2) is 0 Å². The molecule has 0 bridgehead atoms. The van der Waals surface area contributed by atoms with Crippen molar-refractivity contribution >= 4 is 16.6 Å². The summed E-state index contributed by atoms with van der Waals surface area (Å²) in [4.78, 5) is 7.46. The van der Waals surface area contributed by atoms with Gasteiger partial charge in [-0.15, -0.1) is 0 Å². The molecule has 4 aromatic rings. The number of anilines is 1. The Bertz CT molecular complexity index is 1340. The molecule has 0 amide bonds. The van der Waals surface area contributed by atoms with Gasteiger partial charge >= 0.3 is 0 Å². The van der Waals surface area contributed by atoms with Crippen LogP contribution in [0.3, 0.4) is 0 Å². The first-order chi connectivity index (χ1) is 17.5. The Kier molecular flexibility index (Phi) is 7.22. The Morgan fingerprint density at radius 2 is 1.69 bits per heavy atom. The van der Waals surface area contributed by atoms with Crippen molar-refractivity contribution in [3.05, 3.63) is 89.4 Å². The molecule has 0 unspecified atom stereocenters. The fraction of sp³-hybridized carbons (Fsp3) is 0.344. The minimum Gasteiger partial charge on any atom is -0.493 e. The van der Waals surface area contributed by atoms with Crippen molar-refractivity contribution < 1.29 is 9.13 Å². The van der Waals surface area contributed by atoms with Crippen molar-refractivity contribution in [3.8, 4) is 16.9 Å². The van der Waals surface area contributed by atoms with Crippen LogP contribution in [-0.2, 0) is 6.42 Å². The number of aromatic nitrogens is 1. The second-order valence-electron chi connectivity index (χ2n) is 10.1. The highest BCUT2D eigenvalue weighted by molar-refractivity contribution is 5.98. The molecule has 0 radical (unpaired) electrons. The van der Waals surface area contributed by atoms with Crippen LogP contribution in [0.2, 0.25) is 0 Å². The number of nitrogens with zero attached hydrogens (tertiary/aromatic N) is 2. The molecule has 4 heteroatoms. The molecule has 1 aliphatic heterocycles. The zero-order valence-corrected chi connectivity index (χ0v) is 21.6. The molecule has 1 aromatic heterocycles. The van der Waals surface area contributed by atoms with Gasteiger partial charge in [-0.05, 0) is 90.8 Å². The van der Waals surface area contributed by atoms with Gasteiger partial charge in [-0.1, -0.05) is 44.2 Å². The van der Waals surface area contributed by atoms with E-state index in [0.29, 0.717) is 12.5 Å². The zero-order valence-electron chi connectivity index (χ0n) is 21.6. The van der Waals surface area contributed by atoms with E-state index in [4.69, 9.17) is 9.72 Å². The van der Waals surface area contributed by atoms with Gasteiger partial charge in [-0.2, -0.15) is 0 Å². The predicted octanol–water partition coefficient (Wildman–Crippen LogP) is 8.08. The van der Waals surface area contributed by atoms with E-state index in [1.165, 1.54) is 30.5 Å². The Balaban J connectivity index is 1.55. The van der Waals surface area contributed by atoms with Gasteiger partial charge < -0.3 is 9.64 Å². The second-order valence-corrected chi connectivity index (χ2v) is 10.1. The maximum atomic E-state index is 13.9. The summed E-state index contributed by atoms with van der Waals surface area (Å²) in [6, 6.07) is 21.7. The van der Waals surface area contributed by atoms with Crippen LogP contribution in [0.4, 0.5) is 10.1 Å². The Morgan fingerprint density at radius 3 is 2.44 bits per heavy atom. The first-order valence-corrected chi connectivity index (χ1v) is 13.2. The number of fused-ring (bicyclic) bond motifs is 1. The summed E-state index contributed by atoms with van der Waals surface area (Å²) in [6.07, 6.45) is 4.49. The van der Waals surface area contributed by atoms with Gasteiger partial charge in [-0.25, -0.2) is 4.39 Å². The number of para-hydroxylation sites is 1. The monoisotopic (exact) mass is 482 g/mol. The van der Waals surface area contributed by atoms with Crippen LogP contribution in [0.25, 0.3) is 22.0 Å². The van der Waals surface area contributed by atoms with Crippen LogP contribution >= 0.6 is 0 Å². The van der Waals surface area contributed by atoms with E-state index in [-0.39, 0.29) is 5.82 Å². The van der Waals surface area contributed by atoms with Gasteiger partial charge in [0.2, 0.25) is 0 Å². The quantitative estimate of drug-likeness (QED) is 0.266. The molecule has 3 aromatic carbocycles. The fourth-order valence-corrected chi connectivity index (χ4v) is 5.37. The molecule has 5 rings (SSSR count). The van der Waals surface area contributed by atoms with Crippen LogP contribution in [0.5, 0.6) is 5.75 Å². The molecule has 3 nitrogen and oxygen atoms in total. The summed E-state index contributed by atoms with van der Waals surface area (Å²) in [5, 5.41) is 1.12. The number of hydrogen-bond acceptors (Lipinski definition) is 3. The molecular formula is C32H35FN2O. The van der Waals surface area contributed by atoms with Crippen molar-refractivity contribution in [2.45, 2.75) is 52.4 Å². The van der Waals surface area contributed by atoms with Gasteiger partial charge in [0.1, 0.15) is 11.6 Å². The molecule has 1 saturated heterocycles. The van der Waals surface area contributed by atoms with Gasteiger partial charge in [0, 0.05) is 36.3 Å². The smallest absolute Gasteiger partial charge is 0.123 e. The van der Waals surface area contributed by atoms with E-state index in [1.807, 2.05) is 24.3 Å². The van der Waals surface area contributed by atoms with E-state index in [0.717, 1.165) is 58.5 Å². The first-order valence-electron chi connectivity index (χ1n) is 13.2. The number of aryl methyl sites for hydroxylation is 1. The predicted molar refractivity (Wildman–Crippen MR) is 148 cm³/mol. The van der Waals surface area contributed by atoms with E-state index in [1.54, 1.807) is 12.1 Å². The van der Waals surface area contributed by atoms with Crippen LogP contribution in [0.1, 0.15) is 55.8 Å². The number of halogens is 1. The molecule has 0 atom stereocenters. The highest BCUT2D eigenvalue weighted by atomic mass is 19.1. The molecule has 0 N–H and O–H groups in total. The lowest BCUT2D eigenvalue weighted by molar-refractivity contribution is 0.317. The van der Waals surface area contributed by atoms with Crippen molar-refractivity contribution in [3.63, 3.8) is 0 Å². The van der Waals surface area contributed by atoms with Crippen molar-refractivity contribution in [1.29, 1.82) is 0 Å². The standard InChI is InChI=1S/C32H35FN2O/c1-22(2)27-9-5-6-10-31(27)36-20-17-28-23(3)34-30-16-15-26(35-18-7-4-8-19-35)21-29(30)32(28)24-11-13-25(33)14-12-24/h5-6,9-16,21-22H,4,7-8,17-20H2,1-3H3. The van der Waals surface area contributed by atoms with E-state index in [2.05, 4.69) is 56.0 Å². The van der Waals surface area contributed by atoms with Crippen molar-refractivity contribution in [1.82, 2.24) is 4.98 Å². The highest BCUT2D eigenvalue weighted by Crippen LogP contribution is 2.36. The summed E-state index contributed by atoms with van der Waals surface area (Å²) < 4.78 is 20.2. The Morgan fingerprint density at radius 1 is 0.944 bits per heavy atom. The number of benzene rings is 3. The Labute approximate surface area is 213 Å². The minimum atomic E-state index is -0.224. The summed E-state index contributed by atoms with van der Waals surface area (Å²) in [7, 11) is 0. The van der Waals surface area contributed by atoms with Crippen LogP contribution in [0, 0.1) is 12.7 Å². The third kappa shape index (κ3) is 5.09. The number of pyridine rings is 1. The van der Waals surface area contributed by atoms with Gasteiger partial charge in [-0.3, -0.25) is 4.98 Å². The average Bonchev–Trinajstić information content (AvgIpc) is 2.90. The highest BCUT2D eigenvalue weighted by Gasteiger charge is 2.18. The molecule has 0 aliphatic carbocycles. The lowest BCUT2D eigenvalue weighted by atomic mass is 9.92. The van der Waals surface area contributed by atoms with Crippen LogP contribution in [-0.4, -0.2) is 24.7 Å². The van der Waals surface area contributed by atoms with Gasteiger partial charge in [0.05, 0.1) is 12.1 Å². The summed E-state index contributed by atoms with van der Waals surface area (Å²) in [5.41, 5.74) is 7.74. The zero-order chi connectivity index (χ0) is 25.1. The number of hydrogen-bond donors (Lipinski definition) is 0. The van der Waals surface area contributed by atoms with E-state index in [9.17, 15) is 4.39 Å². The maximum Gasteiger partial charge on any atom is 0.123 e. The minimum absolute atomic E-state index is 0.224. The molecule has 2 heterocycles. The fourth-order valence-electron chi connectivity index (χ4n) is 5.37. The van der Waals surface area contributed by atoms with Gasteiger partial charge in [0.25, 0.3) is 0 Å². The average molecular weight is 483 g/mol. The summed E-state index contributed by atoms with van der Waals surface area (Å²) in [6.45, 7) is 9.18. The molecule has 186 valence electrons. The SMILES string of the molecule is Cc1nc2ccc(N3CCCCC3)cc2c(-c2ccc(F)cc2)c1CCOc1ccccc1C(C)C. The lowest BCUT2D eigenvalue weighted by Gasteiger charge is -2.29. The second kappa shape index (κ2) is 10.7. The largest absolute Gasteiger partial charge is 0.493 e. The third-order valence-corrected chi connectivity index (χ3v) is 7.28. The van der Waals surface area contributed by atoms with Crippen LogP contribution in [0.15, 0.2) is 66.7 Å². The molecule has 36 heavy (non-hydrogen) atoms. The number of rotatable bonds is 7. The van der Waals surface area contributed by atoms with E-state index < -0.39 is 0 Å². The summed E-state index contributed by atoms with van der Waals surface area (Å²) in [5.74, 6) is 1.11. The number of piperidine rings is 1. The maximum absolute atomic E-state index is 13.9. The number of ether oxygens (including phenoxy) is 1. The molecule has 1 fully saturated rings. The van der Waals surface area contributed by atoms with Crippen LogP contribution < -0.4 is 9.64 Å². The molecule has 0 spiro atoms. The molecule has 1 aliphatic rings. The van der Waals surface area contributed by atoms with Crippen molar-refractivity contribution in [2.24, 2.45) is 0 Å².